The van der Waals surface area contributed by atoms with Gasteiger partial charge in [0.1, 0.15) is 11.4 Å². The maximum absolute atomic E-state index is 12.9. The number of aromatic nitrogens is 3. The average molecular weight is 378 g/mol. The van der Waals surface area contributed by atoms with Crippen molar-refractivity contribution in [2.24, 2.45) is 0 Å². The van der Waals surface area contributed by atoms with E-state index in [9.17, 15) is 9.90 Å². The summed E-state index contributed by atoms with van der Waals surface area (Å²) in [5.74, 6) is 0.0225. The normalized spacial score (nSPS) is 16.9. The lowest BCUT2D eigenvalue weighted by Crippen LogP contribution is -2.43. The number of phenolic OH excluding ortho intramolecular Hbond substituents is 1. The van der Waals surface area contributed by atoms with Crippen molar-refractivity contribution in [2.75, 3.05) is 13.1 Å². The first-order valence-corrected chi connectivity index (χ1v) is 9.35. The standard InChI is InChI=1S/C21H22N4O3/c26-20-9-2-1-8-17(20)18-12-19(24-23-18)21(27)25-11-5-7-16(13-25)28-14-15-6-3-4-10-22-15/h1-4,6,8-10,12,16,26H,5,7,11,13-14H2,(H,23,24). The van der Waals surface area contributed by atoms with Crippen LogP contribution in [0.5, 0.6) is 5.75 Å². The molecular weight excluding hydrogens is 356 g/mol. The maximum atomic E-state index is 12.9. The zero-order valence-corrected chi connectivity index (χ0v) is 15.4. The van der Waals surface area contributed by atoms with Gasteiger partial charge in [-0.1, -0.05) is 18.2 Å². The molecule has 1 aliphatic heterocycles. The van der Waals surface area contributed by atoms with E-state index in [2.05, 4.69) is 15.2 Å². The van der Waals surface area contributed by atoms with Gasteiger partial charge in [0, 0.05) is 24.8 Å². The molecule has 3 heterocycles. The second-order valence-electron chi connectivity index (χ2n) is 6.83. The molecule has 28 heavy (non-hydrogen) atoms. The zero-order valence-electron chi connectivity index (χ0n) is 15.4. The number of benzene rings is 1. The van der Waals surface area contributed by atoms with Crippen LogP contribution in [0.25, 0.3) is 11.3 Å². The van der Waals surface area contributed by atoms with Crippen LogP contribution in [0.4, 0.5) is 0 Å². The van der Waals surface area contributed by atoms with Gasteiger partial charge in [-0.2, -0.15) is 5.10 Å². The number of pyridine rings is 1. The molecule has 7 heteroatoms. The highest BCUT2D eigenvalue weighted by Gasteiger charge is 2.26. The zero-order chi connectivity index (χ0) is 19.3. The van der Waals surface area contributed by atoms with Gasteiger partial charge in [0.2, 0.25) is 0 Å². The van der Waals surface area contributed by atoms with Gasteiger partial charge < -0.3 is 14.7 Å². The van der Waals surface area contributed by atoms with E-state index in [-0.39, 0.29) is 17.8 Å². The smallest absolute Gasteiger partial charge is 0.271 e. The summed E-state index contributed by atoms with van der Waals surface area (Å²) in [6.07, 6.45) is 3.54. The van der Waals surface area contributed by atoms with Crippen LogP contribution in [0, 0.1) is 0 Å². The van der Waals surface area contributed by atoms with E-state index in [1.807, 2.05) is 24.3 Å². The van der Waals surface area contributed by atoms with Crippen molar-refractivity contribution in [3.05, 3.63) is 66.1 Å². The Bertz CT molecular complexity index is 942. The van der Waals surface area contributed by atoms with Gasteiger partial charge in [-0.15, -0.1) is 0 Å². The quantitative estimate of drug-likeness (QED) is 0.712. The minimum atomic E-state index is -0.111. The summed E-state index contributed by atoms with van der Waals surface area (Å²) >= 11 is 0. The largest absolute Gasteiger partial charge is 0.507 e. The van der Waals surface area contributed by atoms with Crippen LogP contribution in [0.3, 0.4) is 0 Å². The van der Waals surface area contributed by atoms with E-state index < -0.39 is 0 Å². The molecule has 144 valence electrons. The van der Waals surface area contributed by atoms with Crippen LogP contribution in [0.1, 0.15) is 29.0 Å². The number of hydrogen-bond donors (Lipinski definition) is 2. The highest BCUT2D eigenvalue weighted by molar-refractivity contribution is 5.93. The molecule has 1 fully saturated rings. The molecule has 2 N–H and O–H groups in total. The van der Waals surface area contributed by atoms with Crippen LogP contribution in [0.2, 0.25) is 0 Å². The molecule has 0 saturated carbocycles. The Hall–Kier alpha value is -3.19. The van der Waals surface area contributed by atoms with Gasteiger partial charge in [-0.3, -0.25) is 14.9 Å². The van der Waals surface area contributed by atoms with Crippen molar-refractivity contribution >= 4 is 5.91 Å². The summed E-state index contributed by atoms with van der Waals surface area (Å²) in [7, 11) is 0. The second-order valence-corrected chi connectivity index (χ2v) is 6.83. The summed E-state index contributed by atoms with van der Waals surface area (Å²) < 4.78 is 5.96. The summed E-state index contributed by atoms with van der Waals surface area (Å²) in [6, 6.07) is 14.3. The van der Waals surface area contributed by atoms with E-state index in [1.165, 1.54) is 0 Å². The fourth-order valence-electron chi connectivity index (χ4n) is 3.38. The predicted molar refractivity (Wildman–Crippen MR) is 104 cm³/mol. The van der Waals surface area contributed by atoms with E-state index in [0.29, 0.717) is 36.6 Å². The highest BCUT2D eigenvalue weighted by Crippen LogP contribution is 2.27. The van der Waals surface area contributed by atoms with E-state index in [0.717, 1.165) is 18.5 Å². The number of ether oxygens (including phenoxy) is 1. The number of aromatic amines is 1. The first-order valence-electron chi connectivity index (χ1n) is 9.35. The lowest BCUT2D eigenvalue weighted by Gasteiger charge is -2.32. The average Bonchev–Trinajstić information content (AvgIpc) is 3.23. The van der Waals surface area contributed by atoms with Crippen LogP contribution < -0.4 is 0 Å². The van der Waals surface area contributed by atoms with Gasteiger partial charge in [0.05, 0.1) is 24.1 Å². The number of amides is 1. The molecule has 1 aromatic carbocycles. The molecule has 3 aromatic rings. The number of hydrogen-bond acceptors (Lipinski definition) is 5. The Labute approximate surface area is 163 Å². The maximum Gasteiger partial charge on any atom is 0.271 e. The monoisotopic (exact) mass is 378 g/mol. The third-order valence-electron chi connectivity index (χ3n) is 4.85. The van der Waals surface area contributed by atoms with Gasteiger partial charge in [-0.25, -0.2) is 0 Å². The fraction of sp³-hybridized carbons (Fsp3) is 0.286. The molecule has 1 amide bonds. The van der Waals surface area contributed by atoms with Crippen molar-refractivity contribution in [1.29, 1.82) is 0 Å². The van der Waals surface area contributed by atoms with Crippen molar-refractivity contribution < 1.29 is 14.6 Å². The number of carbonyl (C=O) groups is 1. The number of phenols is 1. The molecule has 0 spiro atoms. The van der Waals surface area contributed by atoms with Gasteiger partial charge in [0.15, 0.2) is 0 Å². The summed E-state index contributed by atoms with van der Waals surface area (Å²) in [6.45, 7) is 1.67. The van der Waals surface area contributed by atoms with E-state index in [1.54, 1.807) is 35.4 Å². The summed E-state index contributed by atoms with van der Waals surface area (Å²) in [4.78, 5) is 18.9. The van der Waals surface area contributed by atoms with Crippen LogP contribution in [-0.2, 0) is 11.3 Å². The number of H-pyrrole nitrogens is 1. The lowest BCUT2D eigenvalue weighted by molar-refractivity contribution is -0.00801. The van der Waals surface area contributed by atoms with Crippen LogP contribution >= 0.6 is 0 Å². The van der Waals surface area contributed by atoms with E-state index >= 15 is 0 Å². The number of nitrogens with zero attached hydrogens (tertiary/aromatic N) is 3. The Balaban J connectivity index is 1.40. The van der Waals surface area contributed by atoms with Crippen molar-refractivity contribution in [1.82, 2.24) is 20.1 Å². The number of nitrogens with one attached hydrogen (secondary N) is 1. The fourth-order valence-corrected chi connectivity index (χ4v) is 3.38. The second kappa shape index (κ2) is 8.22. The number of rotatable bonds is 5. The topological polar surface area (TPSA) is 91.3 Å². The molecule has 0 aliphatic carbocycles. The third-order valence-corrected chi connectivity index (χ3v) is 4.85. The van der Waals surface area contributed by atoms with Gasteiger partial charge >= 0.3 is 0 Å². The molecule has 0 radical (unpaired) electrons. The molecule has 2 aromatic heterocycles. The SMILES string of the molecule is O=C(c1cc(-c2ccccc2O)n[nH]1)N1CCCC(OCc2ccccn2)C1. The summed E-state index contributed by atoms with van der Waals surface area (Å²) in [5.41, 5.74) is 2.42. The van der Waals surface area contributed by atoms with Crippen molar-refractivity contribution in [2.45, 2.75) is 25.6 Å². The highest BCUT2D eigenvalue weighted by atomic mass is 16.5. The van der Waals surface area contributed by atoms with Crippen molar-refractivity contribution in [3.8, 4) is 17.0 Å². The van der Waals surface area contributed by atoms with E-state index in [4.69, 9.17) is 4.74 Å². The molecule has 1 unspecified atom stereocenters. The third kappa shape index (κ3) is 4.04. The minimum absolute atomic E-state index is 0.0136. The Morgan fingerprint density at radius 3 is 2.93 bits per heavy atom. The summed E-state index contributed by atoms with van der Waals surface area (Å²) in [5, 5.41) is 17.0. The molecular formula is C21H22N4O3. The van der Waals surface area contributed by atoms with Crippen molar-refractivity contribution in [3.63, 3.8) is 0 Å². The molecule has 0 bridgehead atoms. The van der Waals surface area contributed by atoms with Crippen LogP contribution in [0.15, 0.2) is 54.7 Å². The molecule has 1 atom stereocenters. The predicted octanol–water partition coefficient (Wildman–Crippen LogP) is 3.00. The number of piperidine rings is 1. The molecule has 1 saturated heterocycles. The number of aromatic hydroxyl groups is 1. The molecule has 1 aliphatic rings. The molecule has 7 nitrogen and oxygen atoms in total. The number of likely N-dealkylation sites (tertiary alicyclic amines) is 1. The first-order chi connectivity index (χ1) is 13.7. The lowest BCUT2D eigenvalue weighted by atomic mass is 10.1. The van der Waals surface area contributed by atoms with Gasteiger partial charge in [0.25, 0.3) is 5.91 Å². The number of carbonyl (C=O) groups excluding carboxylic acids is 1. The van der Waals surface area contributed by atoms with Crippen LogP contribution in [-0.4, -0.2) is 50.3 Å². The Morgan fingerprint density at radius 1 is 1.25 bits per heavy atom. The van der Waals surface area contributed by atoms with Gasteiger partial charge in [-0.05, 0) is 43.2 Å². The molecule has 4 rings (SSSR count). The minimum Gasteiger partial charge on any atom is -0.507 e. The number of para-hydroxylation sites is 1. The first kappa shape index (κ1) is 18.2. The Morgan fingerprint density at radius 2 is 2.11 bits per heavy atom. The Kier molecular flexibility index (Phi) is 5.34.